The molecule has 2 heterocycles. The summed E-state index contributed by atoms with van der Waals surface area (Å²) in [5, 5.41) is 0. The van der Waals surface area contributed by atoms with E-state index in [9.17, 15) is 4.39 Å². The molecule has 2 N–H and O–H groups in total. The van der Waals surface area contributed by atoms with E-state index >= 15 is 0 Å². The van der Waals surface area contributed by atoms with Crippen LogP contribution in [0.5, 0.6) is 0 Å². The fourth-order valence-electron chi connectivity index (χ4n) is 2.43. The Hall–Kier alpha value is -1.16. The fourth-order valence-corrected chi connectivity index (χ4v) is 2.43. The van der Waals surface area contributed by atoms with E-state index < -0.39 is 0 Å². The summed E-state index contributed by atoms with van der Waals surface area (Å²) in [5.41, 5.74) is 6.45. The molecule has 0 radical (unpaired) electrons. The SMILES string of the molecule is CC(C)C1CCN(c2ncc(F)cc2CN)C1. The predicted octanol–water partition coefficient (Wildman–Crippen LogP) is 2.16. The van der Waals surface area contributed by atoms with E-state index in [-0.39, 0.29) is 5.82 Å². The first-order chi connectivity index (χ1) is 8.11. The van der Waals surface area contributed by atoms with Crippen molar-refractivity contribution in [3.63, 3.8) is 0 Å². The molecule has 94 valence electrons. The highest BCUT2D eigenvalue weighted by molar-refractivity contribution is 5.47. The largest absolute Gasteiger partial charge is 0.356 e. The summed E-state index contributed by atoms with van der Waals surface area (Å²) in [7, 11) is 0. The molecule has 0 spiro atoms. The van der Waals surface area contributed by atoms with Gasteiger partial charge < -0.3 is 10.6 Å². The Morgan fingerprint density at radius 2 is 2.35 bits per heavy atom. The molecule has 2 rings (SSSR count). The maximum absolute atomic E-state index is 13.1. The van der Waals surface area contributed by atoms with Gasteiger partial charge in [-0.3, -0.25) is 0 Å². The molecule has 0 amide bonds. The van der Waals surface area contributed by atoms with Crippen LogP contribution in [0.15, 0.2) is 12.3 Å². The summed E-state index contributed by atoms with van der Waals surface area (Å²) >= 11 is 0. The molecule has 1 aromatic heterocycles. The summed E-state index contributed by atoms with van der Waals surface area (Å²) < 4.78 is 13.1. The van der Waals surface area contributed by atoms with Crippen LogP contribution >= 0.6 is 0 Å². The standard InChI is InChI=1S/C13H20FN3/c1-9(2)10-3-4-17(8-10)13-11(6-15)5-12(14)7-16-13/h5,7,9-10H,3-4,6,8,15H2,1-2H3. The van der Waals surface area contributed by atoms with Crippen molar-refractivity contribution in [2.75, 3.05) is 18.0 Å². The molecule has 0 aliphatic carbocycles. The topological polar surface area (TPSA) is 42.2 Å². The lowest BCUT2D eigenvalue weighted by atomic mass is 9.95. The minimum absolute atomic E-state index is 0.311. The van der Waals surface area contributed by atoms with Crippen molar-refractivity contribution in [3.8, 4) is 0 Å². The number of halogens is 1. The number of anilines is 1. The lowest BCUT2D eigenvalue weighted by Gasteiger charge is -2.21. The molecule has 4 heteroatoms. The minimum atomic E-state index is -0.311. The number of rotatable bonds is 3. The Kier molecular flexibility index (Phi) is 3.62. The van der Waals surface area contributed by atoms with Crippen LogP contribution in [0, 0.1) is 17.7 Å². The van der Waals surface area contributed by atoms with E-state index in [0.717, 1.165) is 24.5 Å². The van der Waals surface area contributed by atoms with Crippen molar-refractivity contribution >= 4 is 5.82 Å². The van der Waals surface area contributed by atoms with Crippen LogP contribution in [0.25, 0.3) is 0 Å². The number of nitrogens with two attached hydrogens (primary N) is 1. The number of nitrogens with zero attached hydrogens (tertiary/aromatic N) is 2. The third-order valence-electron chi connectivity index (χ3n) is 3.60. The predicted molar refractivity (Wildman–Crippen MR) is 67.2 cm³/mol. The second kappa shape index (κ2) is 5.00. The van der Waals surface area contributed by atoms with E-state index in [0.29, 0.717) is 18.4 Å². The van der Waals surface area contributed by atoms with Crippen molar-refractivity contribution in [3.05, 3.63) is 23.6 Å². The van der Waals surface area contributed by atoms with Gasteiger partial charge in [-0.25, -0.2) is 9.37 Å². The second-order valence-corrected chi connectivity index (χ2v) is 5.08. The van der Waals surface area contributed by atoms with E-state index in [1.807, 2.05) is 0 Å². The number of hydrogen-bond acceptors (Lipinski definition) is 3. The Morgan fingerprint density at radius 1 is 1.59 bits per heavy atom. The molecule has 3 nitrogen and oxygen atoms in total. The molecule has 1 fully saturated rings. The van der Waals surface area contributed by atoms with Gasteiger partial charge in [0.05, 0.1) is 6.20 Å². The summed E-state index contributed by atoms with van der Waals surface area (Å²) in [6.45, 7) is 6.83. The molecule has 1 aliphatic heterocycles. The van der Waals surface area contributed by atoms with Gasteiger partial charge in [0.1, 0.15) is 11.6 Å². The average Bonchev–Trinajstić information content (AvgIpc) is 2.78. The van der Waals surface area contributed by atoms with Crippen LogP contribution in [-0.4, -0.2) is 18.1 Å². The molecule has 1 saturated heterocycles. The Balaban J connectivity index is 2.18. The molecule has 0 aromatic carbocycles. The fraction of sp³-hybridized carbons (Fsp3) is 0.615. The van der Waals surface area contributed by atoms with Gasteiger partial charge in [0, 0.05) is 25.2 Å². The summed E-state index contributed by atoms with van der Waals surface area (Å²) in [4.78, 5) is 6.42. The molecule has 0 saturated carbocycles. The maximum atomic E-state index is 13.1. The van der Waals surface area contributed by atoms with Crippen molar-refractivity contribution in [1.82, 2.24) is 4.98 Å². The third kappa shape index (κ3) is 2.57. The molecule has 1 atom stereocenters. The monoisotopic (exact) mass is 237 g/mol. The van der Waals surface area contributed by atoms with Crippen LogP contribution in [0.2, 0.25) is 0 Å². The van der Waals surface area contributed by atoms with Crippen LogP contribution in [0.4, 0.5) is 10.2 Å². The molecule has 17 heavy (non-hydrogen) atoms. The average molecular weight is 237 g/mol. The van der Waals surface area contributed by atoms with Crippen molar-refractivity contribution in [2.24, 2.45) is 17.6 Å². The molecule has 1 unspecified atom stereocenters. The summed E-state index contributed by atoms with van der Waals surface area (Å²) in [5.74, 6) is 1.93. The molecule has 1 aromatic rings. The lowest BCUT2D eigenvalue weighted by molar-refractivity contribution is 0.422. The first kappa shape index (κ1) is 12.3. The normalized spacial score (nSPS) is 20.3. The molecule has 1 aliphatic rings. The molecular formula is C13H20FN3. The quantitative estimate of drug-likeness (QED) is 0.876. The van der Waals surface area contributed by atoms with Gasteiger partial charge in [-0.05, 0) is 24.3 Å². The summed E-state index contributed by atoms with van der Waals surface area (Å²) in [6, 6.07) is 1.49. The van der Waals surface area contributed by atoms with Crippen LogP contribution in [0.3, 0.4) is 0 Å². The van der Waals surface area contributed by atoms with Crippen molar-refractivity contribution < 1.29 is 4.39 Å². The van der Waals surface area contributed by atoms with E-state index in [1.54, 1.807) is 0 Å². The molecular weight excluding hydrogens is 217 g/mol. The zero-order valence-electron chi connectivity index (χ0n) is 10.5. The van der Waals surface area contributed by atoms with Gasteiger partial charge in [0.15, 0.2) is 0 Å². The zero-order chi connectivity index (χ0) is 12.4. The van der Waals surface area contributed by atoms with Crippen LogP contribution < -0.4 is 10.6 Å². The molecule has 0 bridgehead atoms. The van der Waals surface area contributed by atoms with Gasteiger partial charge in [-0.2, -0.15) is 0 Å². The minimum Gasteiger partial charge on any atom is -0.356 e. The Morgan fingerprint density at radius 3 is 2.94 bits per heavy atom. The maximum Gasteiger partial charge on any atom is 0.141 e. The van der Waals surface area contributed by atoms with Crippen LogP contribution in [-0.2, 0) is 6.54 Å². The first-order valence-electron chi connectivity index (χ1n) is 6.21. The van der Waals surface area contributed by atoms with Crippen LogP contribution in [0.1, 0.15) is 25.8 Å². The first-order valence-corrected chi connectivity index (χ1v) is 6.21. The van der Waals surface area contributed by atoms with Gasteiger partial charge in [0.25, 0.3) is 0 Å². The van der Waals surface area contributed by atoms with Gasteiger partial charge in [-0.1, -0.05) is 13.8 Å². The van der Waals surface area contributed by atoms with Gasteiger partial charge in [-0.15, -0.1) is 0 Å². The van der Waals surface area contributed by atoms with Gasteiger partial charge in [0.2, 0.25) is 0 Å². The number of aromatic nitrogens is 1. The van der Waals surface area contributed by atoms with E-state index in [4.69, 9.17) is 5.73 Å². The van der Waals surface area contributed by atoms with Crippen molar-refractivity contribution in [2.45, 2.75) is 26.8 Å². The van der Waals surface area contributed by atoms with Gasteiger partial charge >= 0.3 is 0 Å². The smallest absolute Gasteiger partial charge is 0.141 e. The highest BCUT2D eigenvalue weighted by Gasteiger charge is 2.26. The lowest BCUT2D eigenvalue weighted by Crippen LogP contribution is -2.24. The zero-order valence-corrected chi connectivity index (χ0v) is 10.5. The van der Waals surface area contributed by atoms with Crippen molar-refractivity contribution in [1.29, 1.82) is 0 Å². The number of pyridine rings is 1. The Bertz CT molecular complexity index is 392. The summed E-state index contributed by atoms with van der Waals surface area (Å²) in [6.07, 6.45) is 2.46. The van der Waals surface area contributed by atoms with E-state index in [2.05, 4.69) is 23.7 Å². The highest BCUT2D eigenvalue weighted by Crippen LogP contribution is 2.29. The van der Waals surface area contributed by atoms with E-state index in [1.165, 1.54) is 18.7 Å². The highest BCUT2D eigenvalue weighted by atomic mass is 19.1. The second-order valence-electron chi connectivity index (χ2n) is 5.08. The number of hydrogen-bond donors (Lipinski definition) is 1. The third-order valence-corrected chi connectivity index (χ3v) is 3.60. The Labute approximate surface area is 102 Å².